The largest absolute Gasteiger partial charge is 0.450 e. The molecule has 198 valence electrons. The molecule has 0 saturated carbocycles. The number of hydrogen-bond donors (Lipinski definition) is 2. The van der Waals surface area contributed by atoms with Crippen LogP contribution in [0.4, 0.5) is 15.1 Å². The molecule has 1 aliphatic rings. The lowest BCUT2D eigenvalue weighted by molar-refractivity contribution is 0.103. The maximum atomic E-state index is 14.8. The number of halogens is 1. The summed E-state index contributed by atoms with van der Waals surface area (Å²) in [5.74, 6) is -0.251. The number of carbonyl (C=O) groups excluding carboxylic acids is 1. The van der Waals surface area contributed by atoms with E-state index >= 15 is 0 Å². The lowest BCUT2D eigenvalue weighted by Crippen LogP contribution is -2.48. The number of carbonyl (C=O) groups is 1. The first-order valence-electron chi connectivity index (χ1n) is 12.9. The second-order valence-corrected chi connectivity index (χ2v) is 9.63. The Balaban J connectivity index is 1.43. The molecule has 0 unspecified atom stereocenters. The standard InChI is InChI=1S/C28H32FN7O2/c1-4-38-28(37)34-27-32-24-15-20(14-22(26(24)33-27)25-23(29)6-5-9-30-25)19-7-8-21(31-16-19)17-35-10-12-36(13-11-35)18(2)3/h5-9,14-16,18H,4,10-13,17H2,1-3H3,(H2,32,33,34,37). The number of imidazole rings is 1. The molecule has 1 saturated heterocycles. The molecule has 4 heterocycles. The van der Waals surface area contributed by atoms with Gasteiger partial charge in [-0.1, -0.05) is 6.07 Å². The normalized spacial score (nSPS) is 14.8. The van der Waals surface area contributed by atoms with E-state index in [1.165, 1.54) is 6.07 Å². The minimum atomic E-state index is -0.622. The summed E-state index contributed by atoms with van der Waals surface area (Å²) in [6.07, 6.45) is 2.76. The quantitative estimate of drug-likeness (QED) is 0.359. The zero-order chi connectivity index (χ0) is 26.6. The number of nitrogens with zero attached hydrogens (tertiary/aromatic N) is 5. The van der Waals surface area contributed by atoms with Crippen LogP contribution in [-0.4, -0.2) is 74.7 Å². The predicted molar refractivity (Wildman–Crippen MR) is 145 cm³/mol. The van der Waals surface area contributed by atoms with E-state index in [1.807, 2.05) is 30.5 Å². The molecule has 38 heavy (non-hydrogen) atoms. The van der Waals surface area contributed by atoms with Crippen LogP contribution in [0.15, 0.2) is 48.8 Å². The first-order valence-corrected chi connectivity index (χ1v) is 12.9. The SMILES string of the molecule is CCOC(=O)Nc1nc2c(-c3ncccc3F)cc(-c3ccc(CN4CCN(C(C)C)CC4)nc3)cc2[nH]1. The number of H-pyrrole nitrogens is 1. The third kappa shape index (κ3) is 5.66. The van der Waals surface area contributed by atoms with Gasteiger partial charge in [-0.05, 0) is 56.7 Å². The molecule has 1 fully saturated rings. The van der Waals surface area contributed by atoms with Gasteiger partial charge in [-0.2, -0.15) is 0 Å². The molecular formula is C28H32FN7O2. The molecule has 0 aliphatic carbocycles. The van der Waals surface area contributed by atoms with Gasteiger partial charge in [0, 0.05) is 62.3 Å². The van der Waals surface area contributed by atoms with Crippen molar-refractivity contribution >= 4 is 23.1 Å². The lowest BCUT2D eigenvalue weighted by atomic mass is 10.0. The number of hydrogen-bond acceptors (Lipinski definition) is 7. The van der Waals surface area contributed by atoms with Crippen molar-refractivity contribution in [3.63, 3.8) is 0 Å². The Morgan fingerprint density at radius 1 is 1.13 bits per heavy atom. The lowest BCUT2D eigenvalue weighted by Gasteiger charge is -2.36. The Bertz CT molecular complexity index is 1410. The van der Waals surface area contributed by atoms with E-state index in [1.54, 1.807) is 19.2 Å². The van der Waals surface area contributed by atoms with Crippen LogP contribution >= 0.6 is 0 Å². The van der Waals surface area contributed by atoms with E-state index in [4.69, 9.17) is 9.72 Å². The molecule has 0 bridgehead atoms. The molecule has 9 nitrogen and oxygen atoms in total. The number of aromatic nitrogens is 4. The molecule has 5 rings (SSSR count). The van der Waals surface area contributed by atoms with E-state index in [0.717, 1.165) is 49.5 Å². The number of ether oxygens (including phenoxy) is 1. The van der Waals surface area contributed by atoms with Gasteiger partial charge in [0.1, 0.15) is 17.0 Å². The van der Waals surface area contributed by atoms with Crippen molar-refractivity contribution in [3.8, 4) is 22.4 Å². The fourth-order valence-corrected chi connectivity index (χ4v) is 4.73. The molecule has 4 aromatic rings. The Morgan fingerprint density at radius 3 is 2.63 bits per heavy atom. The topological polar surface area (TPSA) is 99.3 Å². The molecule has 0 atom stereocenters. The van der Waals surface area contributed by atoms with E-state index in [2.05, 4.69) is 43.9 Å². The van der Waals surface area contributed by atoms with Gasteiger partial charge in [0.05, 0.1) is 17.8 Å². The summed E-state index contributed by atoms with van der Waals surface area (Å²) in [4.78, 5) is 33.4. The maximum absolute atomic E-state index is 14.8. The van der Waals surface area contributed by atoms with Crippen LogP contribution in [0.25, 0.3) is 33.4 Å². The summed E-state index contributed by atoms with van der Waals surface area (Å²) in [6, 6.07) is 11.3. The first-order chi connectivity index (χ1) is 18.4. The van der Waals surface area contributed by atoms with Crippen molar-refractivity contribution in [1.29, 1.82) is 0 Å². The van der Waals surface area contributed by atoms with Gasteiger partial charge in [-0.3, -0.25) is 25.1 Å². The molecular weight excluding hydrogens is 485 g/mol. The first kappa shape index (κ1) is 25.7. The predicted octanol–water partition coefficient (Wildman–Crippen LogP) is 4.92. The van der Waals surface area contributed by atoms with E-state index in [-0.39, 0.29) is 18.2 Å². The third-order valence-electron chi connectivity index (χ3n) is 6.78. The molecule has 1 aliphatic heterocycles. The number of aromatic amines is 1. The number of nitrogens with one attached hydrogen (secondary N) is 2. The number of benzene rings is 1. The van der Waals surface area contributed by atoms with Crippen molar-refractivity contribution in [1.82, 2.24) is 29.7 Å². The average Bonchev–Trinajstić information content (AvgIpc) is 3.31. The minimum absolute atomic E-state index is 0.179. The number of amides is 1. The summed E-state index contributed by atoms with van der Waals surface area (Å²) in [5.41, 5.74) is 4.52. The van der Waals surface area contributed by atoms with E-state index in [0.29, 0.717) is 22.6 Å². The molecule has 2 N–H and O–H groups in total. The zero-order valence-corrected chi connectivity index (χ0v) is 21.9. The number of rotatable bonds is 7. The maximum Gasteiger partial charge on any atom is 0.413 e. The number of fused-ring (bicyclic) bond motifs is 1. The Labute approximate surface area is 221 Å². The van der Waals surface area contributed by atoms with Gasteiger partial charge < -0.3 is 9.72 Å². The summed E-state index contributed by atoms with van der Waals surface area (Å²) in [5, 5.41) is 2.58. The van der Waals surface area contributed by atoms with Gasteiger partial charge in [0.2, 0.25) is 5.95 Å². The fraction of sp³-hybridized carbons (Fsp3) is 0.357. The second-order valence-electron chi connectivity index (χ2n) is 9.63. The molecule has 1 amide bonds. The fourth-order valence-electron chi connectivity index (χ4n) is 4.73. The van der Waals surface area contributed by atoms with Crippen LogP contribution in [0.3, 0.4) is 0 Å². The van der Waals surface area contributed by atoms with Crippen LogP contribution in [0.5, 0.6) is 0 Å². The molecule has 10 heteroatoms. The van der Waals surface area contributed by atoms with Crippen molar-refractivity contribution in [3.05, 3.63) is 60.3 Å². The number of pyridine rings is 2. The van der Waals surface area contributed by atoms with Gasteiger partial charge in [-0.25, -0.2) is 14.2 Å². The summed E-state index contributed by atoms with van der Waals surface area (Å²) >= 11 is 0. The minimum Gasteiger partial charge on any atom is -0.450 e. The number of piperazine rings is 1. The monoisotopic (exact) mass is 517 g/mol. The molecule has 0 spiro atoms. The van der Waals surface area contributed by atoms with Crippen LogP contribution in [-0.2, 0) is 11.3 Å². The Hall–Kier alpha value is -3.89. The highest BCUT2D eigenvalue weighted by atomic mass is 19.1. The van der Waals surface area contributed by atoms with Gasteiger partial charge in [0.15, 0.2) is 0 Å². The molecule has 0 radical (unpaired) electrons. The highest BCUT2D eigenvalue weighted by molar-refractivity contribution is 5.97. The summed E-state index contributed by atoms with van der Waals surface area (Å²) < 4.78 is 19.7. The van der Waals surface area contributed by atoms with Gasteiger partial charge in [0.25, 0.3) is 0 Å². The molecule has 3 aromatic heterocycles. The highest BCUT2D eigenvalue weighted by Crippen LogP contribution is 2.34. The van der Waals surface area contributed by atoms with Crippen LogP contribution < -0.4 is 5.32 Å². The van der Waals surface area contributed by atoms with Crippen molar-refractivity contribution < 1.29 is 13.9 Å². The van der Waals surface area contributed by atoms with E-state index in [9.17, 15) is 9.18 Å². The summed E-state index contributed by atoms with van der Waals surface area (Å²) in [6.45, 7) is 11.4. The highest BCUT2D eigenvalue weighted by Gasteiger charge is 2.20. The Kier molecular flexibility index (Phi) is 7.62. The van der Waals surface area contributed by atoms with Crippen LogP contribution in [0, 0.1) is 5.82 Å². The van der Waals surface area contributed by atoms with Gasteiger partial charge >= 0.3 is 6.09 Å². The van der Waals surface area contributed by atoms with Gasteiger partial charge in [-0.15, -0.1) is 0 Å². The smallest absolute Gasteiger partial charge is 0.413 e. The second kappa shape index (κ2) is 11.2. The zero-order valence-electron chi connectivity index (χ0n) is 21.9. The van der Waals surface area contributed by atoms with Crippen LogP contribution in [0.2, 0.25) is 0 Å². The number of anilines is 1. The van der Waals surface area contributed by atoms with E-state index < -0.39 is 11.9 Å². The van der Waals surface area contributed by atoms with Crippen molar-refractivity contribution in [2.45, 2.75) is 33.4 Å². The average molecular weight is 518 g/mol. The molecule has 1 aromatic carbocycles. The van der Waals surface area contributed by atoms with Crippen molar-refractivity contribution in [2.24, 2.45) is 0 Å². The Morgan fingerprint density at radius 2 is 1.95 bits per heavy atom. The summed E-state index contributed by atoms with van der Waals surface area (Å²) in [7, 11) is 0. The van der Waals surface area contributed by atoms with Crippen molar-refractivity contribution in [2.75, 3.05) is 38.1 Å². The third-order valence-corrected chi connectivity index (χ3v) is 6.78. The van der Waals surface area contributed by atoms with Crippen LogP contribution in [0.1, 0.15) is 26.5 Å².